The molecule has 4 heterocycles. The zero-order valence-corrected chi connectivity index (χ0v) is 45.3. The molecule has 3 atom stereocenters. The Labute approximate surface area is 446 Å². The maximum atomic E-state index is 17.2. The molecule has 22 nitrogen and oxygen atoms in total. The van der Waals surface area contributed by atoms with Gasteiger partial charge in [-0.2, -0.15) is 8.42 Å². The molecule has 77 heavy (non-hydrogen) atoms. The van der Waals surface area contributed by atoms with Gasteiger partial charge in [0.25, 0.3) is 27.6 Å². The van der Waals surface area contributed by atoms with Crippen molar-refractivity contribution in [3.63, 3.8) is 0 Å². The number of rotatable bonds is 28. The highest BCUT2D eigenvalue weighted by Crippen LogP contribution is 2.41. The number of imide groups is 1. The van der Waals surface area contributed by atoms with Crippen LogP contribution in [0.15, 0.2) is 65.9 Å². The van der Waals surface area contributed by atoms with Crippen molar-refractivity contribution in [2.75, 3.05) is 73.8 Å². The Balaban J connectivity index is 1.06. The van der Waals surface area contributed by atoms with Gasteiger partial charge in [0, 0.05) is 48.2 Å². The Morgan fingerprint density at radius 2 is 1.69 bits per heavy atom. The molecule has 3 aliphatic heterocycles. The number of aromatic nitrogens is 1. The van der Waals surface area contributed by atoms with Crippen LogP contribution in [0.2, 0.25) is 0 Å². The number of hydrogen-bond donors (Lipinski definition) is 4. The number of unbranched alkanes of at least 4 members (excludes halogenated alkanes) is 2. The van der Waals surface area contributed by atoms with Crippen molar-refractivity contribution in [2.45, 2.75) is 90.2 Å². The predicted octanol–water partition coefficient (Wildman–Crippen LogP) is 4.07. The Hall–Kier alpha value is -7.03. The van der Waals surface area contributed by atoms with Crippen molar-refractivity contribution in [1.82, 2.24) is 20.2 Å². The first-order valence-electron chi connectivity index (χ1n) is 25.5. The normalized spacial score (nSPS) is 16.2. The van der Waals surface area contributed by atoms with Crippen molar-refractivity contribution in [3.8, 4) is 11.5 Å². The Kier molecular flexibility index (Phi) is 19.6. The molecule has 0 radical (unpaired) electrons. The highest BCUT2D eigenvalue weighted by molar-refractivity contribution is 7.85. The molecule has 3 aliphatic rings. The van der Waals surface area contributed by atoms with Gasteiger partial charge in [-0.15, -0.1) is 0 Å². The lowest BCUT2D eigenvalue weighted by atomic mass is 9.88. The number of ether oxygens (including phenoxy) is 3. The monoisotopic (exact) mass is 1100 g/mol. The minimum absolute atomic E-state index is 0.0304. The number of nitrogens with zero attached hydrogens (tertiary/aromatic N) is 5. The average molecular weight is 1100 g/mol. The number of hydrogen-bond acceptors (Lipinski definition) is 13. The van der Waals surface area contributed by atoms with Gasteiger partial charge in [-0.1, -0.05) is 23.3 Å². The van der Waals surface area contributed by atoms with Gasteiger partial charge in [0.1, 0.15) is 25.3 Å². The van der Waals surface area contributed by atoms with Crippen LogP contribution in [-0.2, 0) is 45.3 Å². The summed E-state index contributed by atoms with van der Waals surface area (Å²) >= 11 is 0. The molecule has 26 heteroatoms. The lowest BCUT2D eigenvalue weighted by Gasteiger charge is -2.32. The van der Waals surface area contributed by atoms with E-state index in [4.69, 9.17) is 19.0 Å². The summed E-state index contributed by atoms with van der Waals surface area (Å²) in [4.78, 5) is 80.6. The number of halogens is 2. The first kappa shape index (κ1) is 59.2. The minimum Gasteiger partial charge on any atom is -0.493 e. The van der Waals surface area contributed by atoms with Crippen LogP contribution >= 0.6 is 0 Å². The fourth-order valence-corrected chi connectivity index (χ4v) is 9.99. The van der Waals surface area contributed by atoms with Gasteiger partial charge in [0.2, 0.25) is 11.8 Å². The third-order valence-electron chi connectivity index (χ3n) is 13.4. The van der Waals surface area contributed by atoms with Crippen LogP contribution in [0.25, 0.3) is 6.08 Å². The zero-order chi connectivity index (χ0) is 56.4. The molecule has 0 spiro atoms. The molecule has 2 aromatic carbocycles. The molecule has 0 aliphatic carbocycles. The molecule has 3 unspecified atom stereocenters. The predicted molar refractivity (Wildman–Crippen MR) is 279 cm³/mol. The largest absolute Gasteiger partial charge is 0.737 e. The number of nitrogens with one attached hydrogen (secondary N) is 3. The molecular formula is C51H69BF2N8O14S+2. The zero-order valence-electron chi connectivity index (χ0n) is 44.5. The van der Waals surface area contributed by atoms with Crippen LogP contribution < -0.4 is 25.0 Å². The maximum Gasteiger partial charge on any atom is 0.737 e. The molecule has 0 bridgehead atoms. The van der Waals surface area contributed by atoms with E-state index in [0.717, 1.165) is 32.9 Å². The summed E-state index contributed by atoms with van der Waals surface area (Å²) in [5.41, 5.74) is 2.33. The molecule has 0 saturated carbocycles. The number of hydroxylamine groups is 2. The quantitative estimate of drug-likeness (QED) is 0.0117. The van der Waals surface area contributed by atoms with Gasteiger partial charge in [-0.25, -0.2) is 4.79 Å². The average Bonchev–Trinajstić information content (AvgIpc) is 4.15. The smallest absolute Gasteiger partial charge is 0.493 e. The molecule has 6 rings (SSSR count). The molecule has 1 aromatic heterocycles. The van der Waals surface area contributed by atoms with E-state index in [1.54, 1.807) is 55.5 Å². The third kappa shape index (κ3) is 15.6. The van der Waals surface area contributed by atoms with E-state index in [9.17, 15) is 47.1 Å². The fourth-order valence-electron chi connectivity index (χ4n) is 9.42. The van der Waals surface area contributed by atoms with E-state index in [1.807, 2.05) is 7.05 Å². The molecular weight excluding hydrogens is 1030 g/mol. The number of aryl methyl sites for hydroxylation is 2. The van der Waals surface area contributed by atoms with Crippen molar-refractivity contribution in [1.29, 1.82) is 0 Å². The first-order chi connectivity index (χ1) is 36.3. The number of likely N-dealkylation sites (N-methyl/N-ethyl adjacent to an activating group) is 1. The highest BCUT2D eigenvalue weighted by atomic mass is 32.2. The van der Waals surface area contributed by atoms with Crippen LogP contribution in [0.1, 0.15) is 98.9 Å². The maximum absolute atomic E-state index is 17.2. The van der Waals surface area contributed by atoms with E-state index in [0.29, 0.717) is 76.4 Å². The standard InChI is InChI=1S/C51H67BF2N8O14S/c1-34-29-38(58-41(34)32-43-37(17-12-14-28-77(70,71)72)30-42(59(43)52(58,53)54)36-15-9-8-10-16-36)19-20-47(63)56-40(18-11-13-26-62(4,5)6)50(66)55-23-24-57(3)25-27-74-46-33-44(61(68)69)39(31-45(46)73-7)35(2)75-51(67)76-60-48(64)21-22-49(60)65/h8-10,15-16,29-33,35,40H,11-14,17-28H2,1-7H3,(H2-,55,56,63,66,70,71,72)/p+2. The van der Waals surface area contributed by atoms with E-state index in [1.165, 1.54) is 20.1 Å². The number of nitro benzene ring substituents is 1. The number of nitro groups is 1. The molecule has 4 N–H and O–H groups in total. The second kappa shape index (κ2) is 25.4. The number of quaternary nitrogens is 2. The van der Waals surface area contributed by atoms with Crippen LogP contribution in [-0.4, -0.2) is 159 Å². The number of carbonyl (C=O) groups excluding carboxylic acids is 5. The summed E-state index contributed by atoms with van der Waals surface area (Å²) in [6.45, 7) is 0.456. The van der Waals surface area contributed by atoms with Gasteiger partial charge in [0.05, 0.1) is 77.2 Å². The van der Waals surface area contributed by atoms with Crippen LogP contribution in [0.4, 0.5) is 19.1 Å². The van der Waals surface area contributed by atoms with E-state index in [2.05, 4.69) is 31.8 Å². The second-order valence-corrected chi connectivity index (χ2v) is 22.0. The molecule has 1 fully saturated rings. The van der Waals surface area contributed by atoms with E-state index >= 15 is 8.63 Å². The van der Waals surface area contributed by atoms with Gasteiger partial charge in [-0.05, 0) is 94.3 Å². The lowest BCUT2D eigenvalue weighted by Crippen LogP contribution is -3.10. The number of methoxy groups -OCH3 is 1. The fraction of sp³-hybridized carbons (Fsp3) is 0.490. The number of allylic oxidation sites excluding steroid dienone is 2. The number of amides is 4. The summed E-state index contributed by atoms with van der Waals surface area (Å²) in [6, 6.07) is 11.9. The summed E-state index contributed by atoms with van der Waals surface area (Å²) < 4.78 is 85.6. The molecule has 3 aromatic rings. The summed E-state index contributed by atoms with van der Waals surface area (Å²) in [5, 5.41) is 18.2. The lowest BCUT2D eigenvalue weighted by molar-refractivity contribution is -0.878. The van der Waals surface area contributed by atoms with Gasteiger partial charge in [-0.3, -0.25) is 38.7 Å². The van der Waals surface area contributed by atoms with Crippen LogP contribution in [0.5, 0.6) is 11.5 Å². The summed E-state index contributed by atoms with van der Waals surface area (Å²) in [6.07, 6.45) is 2.75. The SMILES string of the molecule is COc1cc(C(C)OC(=O)ON2C(=O)CCC2=O)c([N+](=O)[O-])cc1OCC[NH+](C)CCNC(=O)C(CCCC[N+](C)(C)C)NC(=O)CCc1cc(C)c2n1[B-](F)(F)[N+]1=C(c3ccccc3)C=C(CCCCS(=O)(=O)O)C1=C2. The molecule has 4 amide bonds. The van der Waals surface area contributed by atoms with Crippen molar-refractivity contribution in [2.24, 2.45) is 0 Å². The Bertz CT molecular complexity index is 2930. The van der Waals surface area contributed by atoms with Crippen molar-refractivity contribution >= 4 is 64.3 Å². The van der Waals surface area contributed by atoms with Gasteiger partial charge >= 0.3 is 13.1 Å². The van der Waals surface area contributed by atoms with Crippen molar-refractivity contribution in [3.05, 3.63) is 104 Å². The van der Waals surface area contributed by atoms with Gasteiger partial charge < -0.3 is 51.8 Å². The number of carbonyl (C=O) groups is 5. The second-order valence-electron chi connectivity index (χ2n) is 20.5. The molecule has 1 saturated heterocycles. The topological polar surface area (TPSA) is 259 Å². The highest BCUT2D eigenvalue weighted by Gasteiger charge is 2.54. The van der Waals surface area contributed by atoms with Gasteiger partial charge in [0.15, 0.2) is 22.9 Å². The first-order valence-corrected chi connectivity index (χ1v) is 27.1. The van der Waals surface area contributed by atoms with Crippen molar-refractivity contribution < 1.29 is 83.4 Å². The summed E-state index contributed by atoms with van der Waals surface area (Å²) in [5.74, 6) is -2.66. The van der Waals surface area contributed by atoms with Crippen LogP contribution in [0.3, 0.4) is 0 Å². The Morgan fingerprint density at radius 1 is 0.987 bits per heavy atom. The minimum atomic E-state index is -4.50. The Morgan fingerprint density at radius 3 is 2.34 bits per heavy atom. The van der Waals surface area contributed by atoms with Crippen LogP contribution in [0, 0.1) is 17.0 Å². The third-order valence-corrected chi connectivity index (χ3v) is 14.2. The van der Waals surface area contributed by atoms with E-state index in [-0.39, 0.29) is 73.7 Å². The number of benzene rings is 2. The molecule has 418 valence electrons. The number of fused-ring (bicyclic) bond motifs is 2. The van der Waals surface area contributed by atoms with E-state index < -0.39 is 75.4 Å². The summed E-state index contributed by atoms with van der Waals surface area (Å²) in [7, 11) is 5.16.